The van der Waals surface area contributed by atoms with Gasteiger partial charge in [-0.2, -0.15) is 0 Å². The molecule has 1 N–H and O–H groups in total. The average Bonchev–Trinajstić information content (AvgIpc) is 3.01. The number of rotatable bonds is 4. The summed E-state index contributed by atoms with van der Waals surface area (Å²) in [6.07, 6.45) is 1.19. The van der Waals surface area contributed by atoms with Gasteiger partial charge in [-0.05, 0) is 45.7 Å². The lowest BCUT2D eigenvalue weighted by Crippen LogP contribution is -2.46. The van der Waals surface area contributed by atoms with Crippen LogP contribution in [-0.4, -0.2) is 47.6 Å². The number of nitrogens with one attached hydrogen (secondary N) is 1. The first-order valence-electron chi connectivity index (χ1n) is 9.25. The molecule has 27 heavy (non-hydrogen) atoms. The quantitative estimate of drug-likeness (QED) is 0.867. The van der Waals surface area contributed by atoms with Crippen molar-refractivity contribution >= 4 is 23.3 Å². The fourth-order valence-corrected chi connectivity index (χ4v) is 3.99. The highest BCUT2D eigenvalue weighted by Crippen LogP contribution is 2.27. The summed E-state index contributed by atoms with van der Waals surface area (Å²) in [4.78, 5) is 31.9. The molecular formula is C20H25N3O3S. The Morgan fingerprint density at radius 1 is 1.30 bits per heavy atom. The van der Waals surface area contributed by atoms with Gasteiger partial charge in [0.25, 0.3) is 5.91 Å². The highest BCUT2D eigenvalue weighted by molar-refractivity contribution is 7.15. The molecule has 0 spiro atoms. The van der Waals surface area contributed by atoms with E-state index in [1.807, 2.05) is 31.2 Å². The van der Waals surface area contributed by atoms with Crippen molar-refractivity contribution < 1.29 is 14.3 Å². The molecule has 1 aromatic carbocycles. The number of carbonyl (C=O) groups is 2. The summed E-state index contributed by atoms with van der Waals surface area (Å²) in [5.74, 6) is -0.0866. The second kappa shape index (κ2) is 8.52. The summed E-state index contributed by atoms with van der Waals surface area (Å²) in [6, 6.07) is 7.64. The smallest absolute Gasteiger partial charge is 0.409 e. The third-order valence-electron chi connectivity index (χ3n) is 4.76. The Morgan fingerprint density at radius 3 is 2.67 bits per heavy atom. The van der Waals surface area contributed by atoms with Crippen molar-refractivity contribution in [3.05, 3.63) is 40.4 Å². The van der Waals surface area contributed by atoms with Crippen molar-refractivity contribution in [3.8, 4) is 10.6 Å². The maximum Gasteiger partial charge on any atom is 0.409 e. The van der Waals surface area contributed by atoms with Crippen LogP contribution in [0.4, 0.5) is 4.79 Å². The molecule has 0 saturated carbocycles. The van der Waals surface area contributed by atoms with Gasteiger partial charge in [0.15, 0.2) is 0 Å². The number of hydrogen-bond acceptors (Lipinski definition) is 5. The van der Waals surface area contributed by atoms with E-state index < -0.39 is 0 Å². The van der Waals surface area contributed by atoms with E-state index in [1.54, 1.807) is 23.2 Å². The van der Waals surface area contributed by atoms with Crippen LogP contribution in [0.3, 0.4) is 0 Å². The lowest BCUT2D eigenvalue weighted by molar-refractivity contribution is 0.0860. The zero-order valence-electron chi connectivity index (χ0n) is 15.9. The van der Waals surface area contributed by atoms with E-state index in [0.717, 1.165) is 29.1 Å². The van der Waals surface area contributed by atoms with Gasteiger partial charge in [-0.3, -0.25) is 4.79 Å². The summed E-state index contributed by atoms with van der Waals surface area (Å²) in [7, 11) is 0. The number of nitrogens with zero attached hydrogens (tertiary/aromatic N) is 2. The fourth-order valence-electron chi connectivity index (χ4n) is 3.08. The van der Waals surface area contributed by atoms with Gasteiger partial charge in [0.1, 0.15) is 5.01 Å². The third-order valence-corrected chi connectivity index (χ3v) is 5.88. The molecule has 2 amide bonds. The molecule has 0 unspecified atom stereocenters. The van der Waals surface area contributed by atoms with Gasteiger partial charge in [0, 0.05) is 35.1 Å². The third kappa shape index (κ3) is 4.66. The number of hydrogen-bond donors (Lipinski definition) is 1. The molecule has 1 aliphatic heterocycles. The number of aromatic nitrogens is 1. The molecular weight excluding hydrogens is 362 g/mol. The lowest BCUT2D eigenvalue weighted by atomic mass is 10.0. The second-order valence-electron chi connectivity index (χ2n) is 6.68. The van der Waals surface area contributed by atoms with E-state index in [4.69, 9.17) is 4.74 Å². The molecule has 1 aliphatic rings. The molecule has 7 heteroatoms. The summed E-state index contributed by atoms with van der Waals surface area (Å²) >= 11 is 1.64. The number of likely N-dealkylation sites (tertiary alicyclic amines) is 1. The van der Waals surface area contributed by atoms with Crippen LogP contribution < -0.4 is 5.32 Å². The molecule has 2 heterocycles. The van der Waals surface area contributed by atoms with Gasteiger partial charge < -0.3 is 15.0 Å². The summed E-state index contributed by atoms with van der Waals surface area (Å²) < 4.78 is 5.03. The van der Waals surface area contributed by atoms with E-state index in [1.165, 1.54) is 4.88 Å². The molecule has 0 atom stereocenters. The minimum absolute atomic E-state index is 0.0659. The Kier molecular flexibility index (Phi) is 6.11. The van der Waals surface area contributed by atoms with Crippen LogP contribution in [0.5, 0.6) is 0 Å². The predicted octanol–water partition coefficient (Wildman–Crippen LogP) is 3.78. The number of thiazole rings is 1. The first kappa shape index (κ1) is 19.4. The number of carbonyl (C=O) groups excluding carboxylic acids is 2. The molecule has 2 aromatic rings. The Morgan fingerprint density at radius 2 is 2.04 bits per heavy atom. The fraction of sp³-hybridized carbons (Fsp3) is 0.450. The van der Waals surface area contributed by atoms with Crippen LogP contribution in [0.2, 0.25) is 0 Å². The predicted molar refractivity (Wildman–Crippen MR) is 106 cm³/mol. The molecule has 3 rings (SSSR count). The van der Waals surface area contributed by atoms with Gasteiger partial charge >= 0.3 is 6.09 Å². The van der Waals surface area contributed by atoms with Crippen molar-refractivity contribution in [2.24, 2.45) is 0 Å². The summed E-state index contributed by atoms with van der Waals surface area (Å²) in [6.45, 7) is 7.42. The van der Waals surface area contributed by atoms with Gasteiger partial charge in [0.2, 0.25) is 0 Å². The normalized spacial score (nSPS) is 14.9. The van der Waals surface area contributed by atoms with E-state index in [-0.39, 0.29) is 18.0 Å². The molecule has 1 fully saturated rings. The van der Waals surface area contributed by atoms with Gasteiger partial charge in [-0.1, -0.05) is 12.1 Å². The van der Waals surface area contributed by atoms with E-state index in [2.05, 4.69) is 17.2 Å². The number of ether oxygens (including phenoxy) is 1. The maximum absolute atomic E-state index is 12.7. The zero-order valence-corrected chi connectivity index (χ0v) is 16.8. The molecule has 1 saturated heterocycles. The zero-order chi connectivity index (χ0) is 19.4. The van der Waals surface area contributed by atoms with Crippen molar-refractivity contribution in [2.75, 3.05) is 19.7 Å². The topological polar surface area (TPSA) is 71.5 Å². The van der Waals surface area contributed by atoms with Gasteiger partial charge in [-0.15, -0.1) is 11.3 Å². The second-order valence-corrected chi connectivity index (χ2v) is 7.88. The van der Waals surface area contributed by atoms with Crippen molar-refractivity contribution in [1.82, 2.24) is 15.2 Å². The van der Waals surface area contributed by atoms with Crippen LogP contribution in [-0.2, 0) is 4.74 Å². The largest absolute Gasteiger partial charge is 0.450 e. The van der Waals surface area contributed by atoms with E-state index >= 15 is 0 Å². The van der Waals surface area contributed by atoms with Crippen LogP contribution in [0, 0.1) is 13.8 Å². The summed E-state index contributed by atoms with van der Waals surface area (Å²) in [5, 5.41) is 4.02. The van der Waals surface area contributed by atoms with Crippen molar-refractivity contribution in [2.45, 2.75) is 39.7 Å². The SMILES string of the molecule is CCOC(=O)N1CCC(NC(=O)c2cccc(-c3nc(C)c(C)s3)c2)CC1. The van der Waals surface area contributed by atoms with Crippen LogP contribution in [0.1, 0.15) is 40.7 Å². The van der Waals surface area contributed by atoms with E-state index in [0.29, 0.717) is 25.3 Å². The Hall–Kier alpha value is -2.41. The van der Waals surface area contributed by atoms with Crippen LogP contribution in [0.25, 0.3) is 10.6 Å². The Balaban J connectivity index is 1.60. The molecule has 144 valence electrons. The highest BCUT2D eigenvalue weighted by atomic mass is 32.1. The molecule has 0 bridgehead atoms. The standard InChI is InChI=1S/C20H25N3O3S/c1-4-26-20(25)23-10-8-17(9-11-23)22-18(24)15-6-5-7-16(12-15)19-21-13(2)14(3)27-19/h5-7,12,17H,4,8-11H2,1-3H3,(H,22,24). The molecule has 1 aromatic heterocycles. The number of benzene rings is 1. The number of piperidine rings is 1. The van der Waals surface area contributed by atoms with Crippen LogP contribution in [0.15, 0.2) is 24.3 Å². The molecule has 6 nitrogen and oxygen atoms in total. The van der Waals surface area contributed by atoms with Crippen molar-refractivity contribution in [3.63, 3.8) is 0 Å². The average molecular weight is 388 g/mol. The highest BCUT2D eigenvalue weighted by Gasteiger charge is 2.25. The minimum Gasteiger partial charge on any atom is -0.450 e. The first-order chi connectivity index (χ1) is 13.0. The van der Waals surface area contributed by atoms with Gasteiger partial charge in [-0.25, -0.2) is 9.78 Å². The minimum atomic E-state index is -0.274. The molecule has 0 aliphatic carbocycles. The van der Waals surface area contributed by atoms with Crippen LogP contribution >= 0.6 is 11.3 Å². The van der Waals surface area contributed by atoms with Crippen molar-refractivity contribution in [1.29, 1.82) is 0 Å². The monoisotopic (exact) mass is 387 g/mol. The summed E-state index contributed by atoms with van der Waals surface area (Å²) in [5.41, 5.74) is 2.62. The van der Waals surface area contributed by atoms with Gasteiger partial charge in [0.05, 0.1) is 12.3 Å². The number of amides is 2. The number of aryl methyl sites for hydroxylation is 2. The van der Waals surface area contributed by atoms with E-state index in [9.17, 15) is 9.59 Å². The molecule has 0 radical (unpaired) electrons. The first-order valence-corrected chi connectivity index (χ1v) is 10.1. The Bertz CT molecular complexity index is 806. The maximum atomic E-state index is 12.7. The Labute approximate surface area is 163 Å². The lowest BCUT2D eigenvalue weighted by Gasteiger charge is -2.31.